The van der Waals surface area contributed by atoms with E-state index in [0.29, 0.717) is 5.56 Å². The topological polar surface area (TPSA) is 67.6 Å². The van der Waals surface area contributed by atoms with Crippen molar-refractivity contribution in [1.29, 1.82) is 5.26 Å². The molecule has 4 heteroatoms. The largest absolute Gasteiger partial charge is 0.324 e. The van der Waals surface area contributed by atoms with E-state index in [-0.39, 0.29) is 6.04 Å². The average molecular weight is 238 g/mol. The van der Waals surface area contributed by atoms with Gasteiger partial charge < -0.3 is 5.73 Å². The van der Waals surface area contributed by atoms with Gasteiger partial charge in [-0.05, 0) is 43.5 Å². The Bertz CT molecular complexity index is 604. The van der Waals surface area contributed by atoms with Crippen molar-refractivity contribution in [2.24, 2.45) is 5.73 Å². The van der Waals surface area contributed by atoms with Crippen molar-refractivity contribution in [2.45, 2.75) is 25.3 Å². The summed E-state index contributed by atoms with van der Waals surface area (Å²) in [6.07, 6.45) is 5.03. The Balaban J connectivity index is 2.04. The van der Waals surface area contributed by atoms with E-state index in [9.17, 15) is 0 Å². The second-order valence-electron chi connectivity index (χ2n) is 4.62. The molecular formula is C14H14N4. The molecule has 90 valence electrons. The first kappa shape index (κ1) is 11.0. The number of nitrogens with two attached hydrogens (primary N) is 1. The lowest BCUT2D eigenvalue weighted by Gasteiger charge is -2.19. The van der Waals surface area contributed by atoms with Crippen LogP contribution in [0.25, 0.3) is 5.69 Å². The fourth-order valence-corrected chi connectivity index (χ4v) is 2.49. The maximum Gasteiger partial charge on any atom is 0.0991 e. The van der Waals surface area contributed by atoms with E-state index >= 15 is 0 Å². The van der Waals surface area contributed by atoms with Gasteiger partial charge >= 0.3 is 0 Å². The van der Waals surface area contributed by atoms with Gasteiger partial charge in [0.25, 0.3) is 0 Å². The molecule has 3 rings (SSSR count). The van der Waals surface area contributed by atoms with Crippen LogP contribution in [0.3, 0.4) is 0 Å². The Labute approximate surface area is 106 Å². The molecule has 2 N–H and O–H groups in total. The summed E-state index contributed by atoms with van der Waals surface area (Å²) in [5.74, 6) is 0. The van der Waals surface area contributed by atoms with Crippen LogP contribution >= 0.6 is 0 Å². The van der Waals surface area contributed by atoms with Crippen LogP contribution < -0.4 is 5.73 Å². The molecule has 4 nitrogen and oxygen atoms in total. The summed E-state index contributed by atoms with van der Waals surface area (Å²) in [7, 11) is 0. The minimum atomic E-state index is 0.112. The summed E-state index contributed by atoms with van der Waals surface area (Å²) >= 11 is 0. The molecule has 0 aliphatic heterocycles. The summed E-state index contributed by atoms with van der Waals surface area (Å²) < 4.78 is 1.94. The molecule has 1 aliphatic carbocycles. The van der Waals surface area contributed by atoms with Gasteiger partial charge in [-0.3, -0.25) is 0 Å². The van der Waals surface area contributed by atoms with Crippen molar-refractivity contribution in [3.8, 4) is 11.8 Å². The lowest BCUT2D eigenvalue weighted by molar-refractivity contribution is 0.558. The van der Waals surface area contributed by atoms with E-state index in [0.717, 1.165) is 30.5 Å². The van der Waals surface area contributed by atoms with Gasteiger partial charge in [0.15, 0.2) is 0 Å². The Morgan fingerprint density at radius 2 is 2.11 bits per heavy atom. The number of fused-ring (bicyclic) bond motifs is 1. The molecule has 0 radical (unpaired) electrons. The maximum atomic E-state index is 8.80. The number of aromatic nitrogens is 2. The van der Waals surface area contributed by atoms with E-state index in [2.05, 4.69) is 11.2 Å². The SMILES string of the molecule is N#Cc1ccc(-n2ncc3c2CCCC3N)cc1. The number of benzene rings is 1. The molecule has 1 aliphatic rings. The number of nitriles is 1. The number of rotatable bonds is 1. The van der Waals surface area contributed by atoms with Crippen molar-refractivity contribution < 1.29 is 0 Å². The van der Waals surface area contributed by atoms with Gasteiger partial charge in [-0.1, -0.05) is 0 Å². The van der Waals surface area contributed by atoms with Gasteiger partial charge in [0, 0.05) is 17.3 Å². The van der Waals surface area contributed by atoms with Crippen LogP contribution in [0.15, 0.2) is 30.5 Å². The predicted molar refractivity (Wildman–Crippen MR) is 68.1 cm³/mol. The molecule has 1 unspecified atom stereocenters. The molecule has 2 aromatic rings. The van der Waals surface area contributed by atoms with Crippen molar-refractivity contribution in [3.63, 3.8) is 0 Å². The predicted octanol–water partition coefficient (Wildman–Crippen LogP) is 2.08. The van der Waals surface area contributed by atoms with Gasteiger partial charge in [-0.15, -0.1) is 0 Å². The van der Waals surface area contributed by atoms with E-state index in [4.69, 9.17) is 11.0 Å². The molecule has 0 amide bonds. The van der Waals surface area contributed by atoms with E-state index in [1.165, 1.54) is 5.69 Å². The molecule has 0 bridgehead atoms. The third-order valence-electron chi connectivity index (χ3n) is 3.47. The lowest BCUT2D eigenvalue weighted by Crippen LogP contribution is -2.17. The van der Waals surface area contributed by atoms with E-state index in [1.807, 2.05) is 35.1 Å². The molecule has 0 fully saturated rings. The number of hydrogen-bond donors (Lipinski definition) is 1. The summed E-state index contributed by atoms with van der Waals surface area (Å²) in [5.41, 5.74) is 10.1. The normalized spacial score (nSPS) is 18.1. The zero-order chi connectivity index (χ0) is 12.5. The van der Waals surface area contributed by atoms with Crippen molar-refractivity contribution in [1.82, 2.24) is 9.78 Å². The fraction of sp³-hybridized carbons (Fsp3) is 0.286. The Kier molecular flexibility index (Phi) is 2.62. The zero-order valence-electron chi connectivity index (χ0n) is 10.0. The number of nitrogens with zero attached hydrogens (tertiary/aromatic N) is 3. The van der Waals surface area contributed by atoms with Crippen LogP contribution in [0.4, 0.5) is 0 Å². The van der Waals surface area contributed by atoms with Crippen LogP contribution in [-0.4, -0.2) is 9.78 Å². The lowest BCUT2D eigenvalue weighted by atomic mass is 9.94. The van der Waals surface area contributed by atoms with E-state index in [1.54, 1.807) is 0 Å². The van der Waals surface area contributed by atoms with Crippen molar-refractivity contribution >= 4 is 0 Å². The Hall–Kier alpha value is -2.12. The van der Waals surface area contributed by atoms with Crippen molar-refractivity contribution in [2.75, 3.05) is 0 Å². The van der Waals surface area contributed by atoms with Gasteiger partial charge in [-0.25, -0.2) is 4.68 Å². The third-order valence-corrected chi connectivity index (χ3v) is 3.47. The highest BCUT2D eigenvalue weighted by Gasteiger charge is 2.21. The minimum Gasteiger partial charge on any atom is -0.324 e. The highest BCUT2D eigenvalue weighted by molar-refractivity contribution is 5.41. The highest BCUT2D eigenvalue weighted by atomic mass is 15.3. The van der Waals surface area contributed by atoms with Crippen LogP contribution in [0.2, 0.25) is 0 Å². The van der Waals surface area contributed by atoms with Crippen LogP contribution in [-0.2, 0) is 6.42 Å². The third kappa shape index (κ3) is 1.69. The van der Waals surface area contributed by atoms with Gasteiger partial charge in [-0.2, -0.15) is 10.4 Å². The summed E-state index contributed by atoms with van der Waals surface area (Å²) in [6, 6.07) is 9.70. The fourth-order valence-electron chi connectivity index (χ4n) is 2.49. The highest BCUT2D eigenvalue weighted by Crippen LogP contribution is 2.29. The second-order valence-corrected chi connectivity index (χ2v) is 4.62. The minimum absolute atomic E-state index is 0.112. The molecule has 18 heavy (non-hydrogen) atoms. The molecule has 1 atom stereocenters. The molecule has 1 aromatic carbocycles. The smallest absolute Gasteiger partial charge is 0.0991 e. The van der Waals surface area contributed by atoms with Gasteiger partial charge in [0.2, 0.25) is 0 Å². The number of hydrogen-bond acceptors (Lipinski definition) is 3. The average Bonchev–Trinajstić information content (AvgIpc) is 2.84. The quantitative estimate of drug-likeness (QED) is 0.827. The van der Waals surface area contributed by atoms with Crippen LogP contribution in [0.5, 0.6) is 0 Å². The molecule has 1 aromatic heterocycles. The molecule has 0 spiro atoms. The first-order chi connectivity index (χ1) is 8.79. The van der Waals surface area contributed by atoms with Crippen LogP contribution in [0.1, 0.15) is 35.7 Å². The molecule has 0 saturated carbocycles. The van der Waals surface area contributed by atoms with Crippen LogP contribution in [0, 0.1) is 11.3 Å². The monoisotopic (exact) mass is 238 g/mol. The summed E-state index contributed by atoms with van der Waals surface area (Å²) in [4.78, 5) is 0. The van der Waals surface area contributed by atoms with Gasteiger partial charge in [0.05, 0.1) is 23.5 Å². The maximum absolute atomic E-state index is 8.80. The Morgan fingerprint density at radius 1 is 1.33 bits per heavy atom. The summed E-state index contributed by atoms with van der Waals surface area (Å²) in [5, 5.41) is 13.2. The van der Waals surface area contributed by atoms with Crippen molar-refractivity contribution in [3.05, 3.63) is 47.3 Å². The first-order valence-electron chi connectivity index (χ1n) is 6.12. The second kappa shape index (κ2) is 4.28. The Morgan fingerprint density at radius 3 is 2.83 bits per heavy atom. The zero-order valence-corrected chi connectivity index (χ0v) is 10.0. The molecule has 1 heterocycles. The first-order valence-corrected chi connectivity index (χ1v) is 6.12. The van der Waals surface area contributed by atoms with E-state index < -0.39 is 0 Å². The standard InChI is InChI=1S/C14H14N4/c15-8-10-4-6-11(7-5-10)18-14-3-1-2-13(16)12(14)9-17-18/h4-7,9,13H,1-3,16H2. The molecule has 0 saturated heterocycles. The molecular weight excluding hydrogens is 224 g/mol. The summed E-state index contributed by atoms with van der Waals surface area (Å²) in [6.45, 7) is 0. The van der Waals surface area contributed by atoms with Gasteiger partial charge in [0.1, 0.15) is 0 Å².